The largest absolute Gasteiger partial charge is 0.492 e. The normalized spacial score (nSPS) is 12.0. The van der Waals surface area contributed by atoms with Crippen molar-refractivity contribution in [3.63, 3.8) is 0 Å². The van der Waals surface area contributed by atoms with Crippen LogP contribution in [0.4, 0.5) is 5.69 Å². The lowest BCUT2D eigenvalue weighted by Crippen LogP contribution is -2.51. The van der Waals surface area contributed by atoms with Crippen molar-refractivity contribution < 1.29 is 22.7 Å². The van der Waals surface area contributed by atoms with E-state index in [1.54, 1.807) is 56.3 Å². The molecule has 8 nitrogen and oxygen atoms in total. The number of carbonyl (C=O) groups is 2. The molecule has 0 unspecified atom stereocenters. The second-order valence-corrected chi connectivity index (χ2v) is 12.6. The molecule has 42 heavy (non-hydrogen) atoms. The van der Waals surface area contributed by atoms with Crippen LogP contribution in [0.15, 0.2) is 71.6 Å². The fraction of sp³-hybridized carbons (Fsp3) is 0.333. The van der Waals surface area contributed by atoms with Gasteiger partial charge in [-0.1, -0.05) is 66.3 Å². The second kappa shape index (κ2) is 15.5. The molecule has 0 heterocycles. The molecule has 3 aromatic carbocycles. The highest BCUT2D eigenvalue weighted by molar-refractivity contribution is 7.92. The molecule has 0 aliphatic heterocycles. The fourth-order valence-electron chi connectivity index (χ4n) is 4.14. The molecule has 0 spiro atoms. The number of unbranched alkanes of at least 4 members (excludes halogenated alkanes) is 1. The summed E-state index contributed by atoms with van der Waals surface area (Å²) in [5.41, 5.74) is 0.719. The molecular weight excluding hydrogens is 621 g/mol. The van der Waals surface area contributed by atoms with Crippen LogP contribution in [-0.2, 0) is 26.2 Å². The van der Waals surface area contributed by atoms with Crippen LogP contribution in [-0.4, -0.2) is 50.9 Å². The van der Waals surface area contributed by atoms with Crippen LogP contribution in [0, 0.1) is 0 Å². The molecule has 226 valence electrons. The molecule has 3 aromatic rings. The van der Waals surface area contributed by atoms with Crippen LogP contribution in [0.1, 0.15) is 39.2 Å². The predicted molar refractivity (Wildman–Crippen MR) is 168 cm³/mol. The minimum absolute atomic E-state index is 0.0564. The summed E-state index contributed by atoms with van der Waals surface area (Å²) >= 11 is 18.5. The molecule has 0 aromatic heterocycles. The zero-order chi connectivity index (χ0) is 30.9. The number of rotatable bonds is 14. The number of nitrogens with zero attached hydrogens (tertiary/aromatic N) is 2. The van der Waals surface area contributed by atoms with E-state index in [9.17, 15) is 18.0 Å². The van der Waals surface area contributed by atoms with Gasteiger partial charge in [0.05, 0.1) is 17.2 Å². The number of sulfonamides is 1. The molecule has 2 amide bonds. The van der Waals surface area contributed by atoms with Crippen molar-refractivity contribution in [2.75, 3.05) is 24.0 Å². The van der Waals surface area contributed by atoms with E-state index in [2.05, 4.69) is 5.32 Å². The van der Waals surface area contributed by atoms with E-state index in [0.29, 0.717) is 27.2 Å². The molecule has 0 saturated carbocycles. The smallest absolute Gasteiger partial charge is 0.264 e. The van der Waals surface area contributed by atoms with Crippen LogP contribution >= 0.6 is 34.8 Å². The van der Waals surface area contributed by atoms with Crippen LogP contribution in [0.2, 0.25) is 15.1 Å². The Balaban J connectivity index is 2.07. The van der Waals surface area contributed by atoms with Gasteiger partial charge >= 0.3 is 0 Å². The molecule has 0 saturated heterocycles. The first-order valence-electron chi connectivity index (χ1n) is 13.5. The van der Waals surface area contributed by atoms with Crippen LogP contribution in [0.3, 0.4) is 0 Å². The summed E-state index contributed by atoms with van der Waals surface area (Å²) in [7, 11) is -4.29. The topological polar surface area (TPSA) is 96.0 Å². The summed E-state index contributed by atoms with van der Waals surface area (Å²) in [5, 5.41) is 3.94. The maximum absolute atomic E-state index is 14.1. The first-order chi connectivity index (χ1) is 20.0. The Bertz CT molecular complexity index is 1490. The summed E-state index contributed by atoms with van der Waals surface area (Å²) in [5.74, 6) is -0.713. The number of benzene rings is 3. The zero-order valence-corrected chi connectivity index (χ0v) is 26.7. The third-order valence-corrected chi connectivity index (χ3v) is 9.08. The van der Waals surface area contributed by atoms with Crippen molar-refractivity contribution in [1.29, 1.82) is 0 Å². The van der Waals surface area contributed by atoms with Gasteiger partial charge in [-0.2, -0.15) is 0 Å². The Morgan fingerprint density at radius 2 is 1.62 bits per heavy atom. The SMILES string of the molecule is CCCCNC(=O)[C@H](C)N(Cc1ccc(Cl)cc1Cl)C(=O)CN(c1ccccc1OCC)S(=O)(=O)c1ccc(Cl)cc1. The number of hydrogen-bond acceptors (Lipinski definition) is 5. The second-order valence-electron chi connectivity index (χ2n) is 9.44. The molecular formula is C30H34Cl3N3O5S. The molecule has 0 bridgehead atoms. The average Bonchev–Trinajstić information content (AvgIpc) is 2.96. The average molecular weight is 655 g/mol. The van der Waals surface area contributed by atoms with Gasteiger partial charge in [0.2, 0.25) is 11.8 Å². The molecule has 0 aliphatic carbocycles. The monoisotopic (exact) mass is 653 g/mol. The standard InChI is InChI=1S/C30H34Cl3N3O5S/c1-4-6-17-34-30(38)21(3)35(19-22-11-12-24(32)18-26(22)33)29(37)20-36(27-9-7-8-10-28(27)41-5-2)42(39,40)25-15-13-23(31)14-16-25/h7-16,18,21H,4-6,17,19-20H2,1-3H3,(H,34,38)/t21-/m0/s1. The van der Waals surface area contributed by atoms with Crippen LogP contribution < -0.4 is 14.4 Å². The highest BCUT2D eigenvalue weighted by Crippen LogP contribution is 2.33. The third kappa shape index (κ3) is 8.53. The quantitative estimate of drug-likeness (QED) is 0.198. The highest BCUT2D eigenvalue weighted by atomic mass is 35.5. The van der Waals surface area contributed by atoms with Gasteiger partial charge in [0.25, 0.3) is 10.0 Å². The van der Waals surface area contributed by atoms with Gasteiger partial charge in [-0.05, 0) is 74.4 Å². The molecule has 1 atom stereocenters. The number of hydrogen-bond donors (Lipinski definition) is 1. The fourth-order valence-corrected chi connectivity index (χ4v) is 6.16. The van der Waals surface area contributed by atoms with Crippen molar-refractivity contribution in [1.82, 2.24) is 10.2 Å². The Kier molecular flexibility index (Phi) is 12.4. The lowest BCUT2D eigenvalue weighted by Gasteiger charge is -2.32. The third-order valence-electron chi connectivity index (χ3n) is 6.47. The summed E-state index contributed by atoms with van der Waals surface area (Å²) < 4.78 is 34.8. The first-order valence-corrected chi connectivity index (χ1v) is 16.1. The van der Waals surface area contributed by atoms with Crippen molar-refractivity contribution in [3.8, 4) is 5.75 Å². The van der Waals surface area contributed by atoms with E-state index < -0.39 is 28.5 Å². The lowest BCUT2D eigenvalue weighted by molar-refractivity contribution is -0.139. The van der Waals surface area contributed by atoms with Gasteiger partial charge in [-0.3, -0.25) is 13.9 Å². The highest BCUT2D eigenvalue weighted by Gasteiger charge is 2.34. The number of amides is 2. The van der Waals surface area contributed by atoms with Gasteiger partial charge in [0.1, 0.15) is 18.3 Å². The lowest BCUT2D eigenvalue weighted by atomic mass is 10.1. The van der Waals surface area contributed by atoms with E-state index in [-0.39, 0.29) is 35.4 Å². The van der Waals surface area contributed by atoms with E-state index >= 15 is 0 Å². The minimum atomic E-state index is -4.29. The van der Waals surface area contributed by atoms with Gasteiger partial charge < -0.3 is 15.0 Å². The van der Waals surface area contributed by atoms with E-state index in [1.165, 1.54) is 29.2 Å². The number of halogens is 3. The molecule has 3 rings (SSSR count). The Labute approximate surface area is 262 Å². The predicted octanol–water partition coefficient (Wildman–Crippen LogP) is 6.57. The van der Waals surface area contributed by atoms with Crippen molar-refractivity contribution in [2.24, 2.45) is 0 Å². The van der Waals surface area contributed by atoms with E-state index in [4.69, 9.17) is 39.5 Å². The van der Waals surface area contributed by atoms with Crippen LogP contribution in [0.25, 0.3) is 0 Å². The summed E-state index contributed by atoms with van der Waals surface area (Å²) in [6.45, 7) is 5.42. The molecule has 0 aliphatic rings. The maximum atomic E-state index is 14.1. The number of carbonyl (C=O) groups excluding carboxylic acids is 2. The van der Waals surface area contributed by atoms with Crippen molar-refractivity contribution >= 4 is 62.3 Å². The molecule has 0 fully saturated rings. The number of ether oxygens (including phenoxy) is 1. The number of para-hydroxylation sites is 2. The van der Waals surface area contributed by atoms with E-state index in [0.717, 1.165) is 17.1 Å². The Hall–Kier alpha value is -2.98. The number of nitrogens with one attached hydrogen (secondary N) is 1. The first kappa shape index (κ1) is 33.5. The molecule has 1 N–H and O–H groups in total. The summed E-state index contributed by atoms with van der Waals surface area (Å²) in [4.78, 5) is 28.5. The van der Waals surface area contributed by atoms with Gasteiger partial charge in [-0.25, -0.2) is 8.42 Å². The van der Waals surface area contributed by atoms with Gasteiger partial charge in [0.15, 0.2) is 0 Å². The zero-order valence-electron chi connectivity index (χ0n) is 23.6. The Morgan fingerprint density at radius 3 is 2.26 bits per heavy atom. The van der Waals surface area contributed by atoms with Crippen LogP contribution in [0.5, 0.6) is 5.75 Å². The number of anilines is 1. The summed E-state index contributed by atoms with van der Waals surface area (Å²) in [6.07, 6.45) is 1.66. The van der Waals surface area contributed by atoms with E-state index in [1.807, 2.05) is 6.92 Å². The molecule has 0 radical (unpaired) electrons. The minimum Gasteiger partial charge on any atom is -0.492 e. The van der Waals surface area contributed by atoms with Gasteiger partial charge in [0, 0.05) is 28.2 Å². The van der Waals surface area contributed by atoms with Gasteiger partial charge in [-0.15, -0.1) is 0 Å². The Morgan fingerprint density at radius 1 is 0.952 bits per heavy atom. The van der Waals surface area contributed by atoms with Crippen molar-refractivity contribution in [2.45, 2.75) is 51.1 Å². The van der Waals surface area contributed by atoms with Crippen molar-refractivity contribution in [3.05, 3.63) is 87.4 Å². The maximum Gasteiger partial charge on any atom is 0.264 e. The molecule has 12 heteroatoms. The summed E-state index contributed by atoms with van der Waals surface area (Å²) in [6, 6.07) is 16.1.